The normalized spacial score (nSPS) is 25.5. The first-order valence-electron chi connectivity index (χ1n) is 4.91. The summed E-state index contributed by atoms with van der Waals surface area (Å²) in [6.07, 6.45) is 3.93. The molecule has 2 aliphatic heterocycles. The average molecular weight is 206 g/mol. The molecule has 0 aromatic carbocycles. The summed E-state index contributed by atoms with van der Waals surface area (Å²) in [5, 5.41) is 2.97. The number of nitrogens with zero attached hydrogens (tertiary/aromatic N) is 2. The number of amides is 1. The minimum atomic E-state index is 0.104. The lowest BCUT2D eigenvalue weighted by Gasteiger charge is -2.22. The van der Waals surface area contributed by atoms with Gasteiger partial charge in [-0.3, -0.25) is 9.69 Å². The molecule has 15 heavy (non-hydrogen) atoms. The Balaban J connectivity index is 2.11. The molecule has 3 N–H and O–H groups in total. The highest BCUT2D eigenvalue weighted by atomic mass is 16.2. The van der Waals surface area contributed by atoms with E-state index < -0.39 is 0 Å². The first-order valence-corrected chi connectivity index (χ1v) is 4.91. The number of carbonyl (C=O) groups is 1. The third-order valence-corrected chi connectivity index (χ3v) is 2.56. The summed E-state index contributed by atoms with van der Waals surface area (Å²) in [5.74, 6) is 1.66. The standard InChI is InChI=1S/C10H14N4O/c1-7-12-3-2-9(13-7)14-6-8(5-11)4-10(14)15/h2-3,8,13H,1,4-6,11H2. The van der Waals surface area contributed by atoms with E-state index in [0.717, 1.165) is 5.82 Å². The van der Waals surface area contributed by atoms with Crippen molar-refractivity contribution in [2.45, 2.75) is 6.42 Å². The summed E-state index contributed by atoms with van der Waals surface area (Å²) >= 11 is 0. The van der Waals surface area contributed by atoms with Gasteiger partial charge in [0.05, 0.1) is 0 Å². The van der Waals surface area contributed by atoms with Crippen molar-refractivity contribution in [3.8, 4) is 0 Å². The Bertz CT molecular complexity index is 358. The molecule has 1 unspecified atom stereocenters. The molecule has 1 atom stereocenters. The van der Waals surface area contributed by atoms with Gasteiger partial charge in [0.2, 0.25) is 5.91 Å². The van der Waals surface area contributed by atoms with Crippen molar-refractivity contribution in [1.29, 1.82) is 0 Å². The molecule has 0 radical (unpaired) electrons. The van der Waals surface area contributed by atoms with Crippen LogP contribution >= 0.6 is 0 Å². The van der Waals surface area contributed by atoms with Crippen LogP contribution in [0.5, 0.6) is 0 Å². The monoisotopic (exact) mass is 206 g/mol. The fourth-order valence-corrected chi connectivity index (χ4v) is 1.75. The van der Waals surface area contributed by atoms with Gasteiger partial charge in [0, 0.05) is 19.2 Å². The van der Waals surface area contributed by atoms with Crippen LogP contribution in [-0.4, -0.2) is 30.1 Å². The van der Waals surface area contributed by atoms with Crippen LogP contribution in [-0.2, 0) is 4.79 Å². The molecule has 0 spiro atoms. The number of hydrogen-bond donors (Lipinski definition) is 2. The zero-order chi connectivity index (χ0) is 10.8. The number of allylic oxidation sites excluding steroid dienone is 1. The number of likely N-dealkylation sites (tertiary alicyclic amines) is 1. The predicted molar refractivity (Wildman–Crippen MR) is 57.7 cm³/mol. The number of rotatable bonds is 2. The van der Waals surface area contributed by atoms with Crippen LogP contribution in [0.2, 0.25) is 0 Å². The Labute approximate surface area is 88.3 Å². The van der Waals surface area contributed by atoms with E-state index in [1.165, 1.54) is 0 Å². The molecule has 5 heteroatoms. The summed E-state index contributed by atoms with van der Waals surface area (Å²) in [6.45, 7) is 4.91. The summed E-state index contributed by atoms with van der Waals surface area (Å²) in [7, 11) is 0. The molecule has 1 amide bonds. The summed E-state index contributed by atoms with van der Waals surface area (Å²) in [6, 6.07) is 0. The van der Waals surface area contributed by atoms with Crippen molar-refractivity contribution >= 4 is 12.1 Å². The number of nitrogens with one attached hydrogen (secondary N) is 1. The van der Waals surface area contributed by atoms with Gasteiger partial charge in [-0.15, -0.1) is 0 Å². The van der Waals surface area contributed by atoms with Crippen molar-refractivity contribution < 1.29 is 4.79 Å². The van der Waals surface area contributed by atoms with Crippen molar-refractivity contribution in [3.05, 3.63) is 24.3 Å². The van der Waals surface area contributed by atoms with Crippen LogP contribution in [0.3, 0.4) is 0 Å². The van der Waals surface area contributed by atoms with Gasteiger partial charge in [0.25, 0.3) is 0 Å². The lowest BCUT2D eigenvalue weighted by atomic mass is 10.1. The number of hydrogen-bond acceptors (Lipinski definition) is 4. The first kappa shape index (κ1) is 9.92. The van der Waals surface area contributed by atoms with Crippen LogP contribution in [0, 0.1) is 5.92 Å². The number of nitrogens with two attached hydrogens (primary N) is 1. The van der Waals surface area contributed by atoms with Gasteiger partial charge in [-0.05, 0) is 18.5 Å². The van der Waals surface area contributed by atoms with Crippen molar-refractivity contribution in [2.24, 2.45) is 16.6 Å². The molecule has 0 aromatic rings. The molecule has 0 aromatic heterocycles. The average Bonchev–Trinajstić information content (AvgIpc) is 2.60. The maximum absolute atomic E-state index is 11.7. The van der Waals surface area contributed by atoms with E-state index in [9.17, 15) is 4.79 Å². The first-order chi connectivity index (χ1) is 7.20. The lowest BCUT2D eigenvalue weighted by molar-refractivity contribution is -0.126. The highest BCUT2D eigenvalue weighted by molar-refractivity contribution is 5.83. The fourth-order valence-electron chi connectivity index (χ4n) is 1.75. The molecule has 80 valence electrons. The molecule has 2 aliphatic rings. The molecule has 0 bridgehead atoms. The van der Waals surface area contributed by atoms with E-state index in [2.05, 4.69) is 16.9 Å². The Kier molecular flexibility index (Phi) is 2.55. The van der Waals surface area contributed by atoms with Crippen molar-refractivity contribution in [1.82, 2.24) is 10.2 Å². The molecular formula is C10H14N4O. The summed E-state index contributed by atoms with van der Waals surface area (Å²) in [4.78, 5) is 17.3. The number of aliphatic imine (C=N–C) groups is 1. The maximum Gasteiger partial charge on any atom is 0.228 e. The Morgan fingerprint density at radius 1 is 1.73 bits per heavy atom. The minimum absolute atomic E-state index is 0.104. The molecule has 1 fully saturated rings. The zero-order valence-corrected chi connectivity index (χ0v) is 8.44. The third kappa shape index (κ3) is 1.92. The molecule has 1 saturated heterocycles. The third-order valence-electron chi connectivity index (χ3n) is 2.56. The zero-order valence-electron chi connectivity index (χ0n) is 8.44. The summed E-state index contributed by atoms with van der Waals surface area (Å²) in [5.41, 5.74) is 5.55. The smallest absolute Gasteiger partial charge is 0.228 e. The molecule has 2 rings (SSSR count). The second-order valence-electron chi connectivity index (χ2n) is 3.71. The van der Waals surface area contributed by atoms with Crippen LogP contribution in [0.1, 0.15) is 6.42 Å². The fraction of sp³-hybridized carbons (Fsp3) is 0.400. The predicted octanol–water partition coefficient (Wildman–Crippen LogP) is -0.220. The topological polar surface area (TPSA) is 70.7 Å². The Morgan fingerprint density at radius 3 is 3.13 bits per heavy atom. The Hall–Kier alpha value is -1.62. The lowest BCUT2D eigenvalue weighted by Crippen LogP contribution is -2.34. The van der Waals surface area contributed by atoms with Gasteiger partial charge in [0.1, 0.15) is 11.6 Å². The van der Waals surface area contributed by atoms with Gasteiger partial charge in [-0.25, -0.2) is 4.99 Å². The van der Waals surface area contributed by atoms with Crippen molar-refractivity contribution in [2.75, 3.05) is 13.1 Å². The van der Waals surface area contributed by atoms with Gasteiger partial charge in [-0.1, -0.05) is 6.58 Å². The second-order valence-corrected chi connectivity index (χ2v) is 3.71. The molecule has 2 heterocycles. The summed E-state index contributed by atoms with van der Waals surface area (Å²) < 4.78 is 0. The SMILES string of the molecule is C=C1N=CC=C(N2CC(CN)CC2=O)N1. The largest absolute Gasteiger partial charge is 0.330 e. The highest BCUT2D eigenvalue weighted by Crippen LogP contribution is 2.21. The number of carbonyl (C=O) groups excluding carboxylic acids is 1. The van der Waals surface area contributed by atoms with E-state index in [0.29, 0.717) is 25.3 Å². The van der Waals surface area contributed by atoms with Crippen LogP contribution in [0.25, 0.3) is 0 Å². The molecule has 0 saturated carbocycles. The van der Waals surface area contributed by atoms with E-state index in [-0.39, 0.29) is 11.8 Å². The quantitative estimate of drug-likeness (QED) is 0.656. The molecule has 0 aliphatic carbocycles. The van der Waals surface area contributed by atoms with Crippen LogP contribution in [0.15, 0.2) is 29.3 Å². The van der Waals surface area contributed by atoms with Gasteiger partial charge >= 0.3 is 0 Å². The van der Waals surface area contributed by atoms with Crippen LogP contribution in [0.4, 0.5) is 0 Å². The van der Waals surface area contributed by atoms with E-state index in [4.69, 9.17) is 5.73 Å². The van der Waals surface area contributed by atoms with Gasteiger partial charge < -0.3 is 11.1 Å². The maximum atomic E-state index is 11.7. The second kappa shape index (κ2) is 3.86. The van der Waals surface area contributed by atoms with Crippen molar-refractivity contribution in [3.63, 3.8) is 0 Å². The van der Waals surface area contributed by atoms with E-state index in [1.807, 2.05) is 0 Å². The molecular weight excluding hydrogens is 192 g/mol. The van der Waals surface area contributed by atoms with E-state index >= 15 is 0 Å². The highest BCUT2D eigenvalue weighted by Gasteiger charge is 2.31. The van der Waals surface area contributed by atoms with Gasteiger partial charge in [0.15, 0.2) is 0 Å². The molecule has 5 nitrogen and oxygen atoms in total. The minimum Gasteiger partial charge on any atom is -0.330 e. The van der Waals surface area contributed by atoms with E-state index in [1.54, 1.807) is 17.2 Å². The van der Waals surface area contributed by atoms with Gasteiger partial charge in [-0.2, -0.15) is 0 Å². The Morgan fingerprint density at radius 2 is 2.53 bits per heavy atom. The van der Waals surface area contributed by atoms with Crippen LogP contribution < -0.4 is 11.1 Å².